The van der Waals surface area contributed by atoms with Crippen LogP contribution in [0, 0.1) is 0 Å². The maximum absolute atomic E-state index is 12.8. The highest BCUT2D eigenvalue weighted by molar-refractivity contribution is 5.94. The molecule has 5 nitrogen and oxygen atoms in total. The first-order chi connectivity index (χ1) is 12.5. The third-order valence-electron chi connectivity index (χ3n) is 5.13. The van der Waals surface area contributed by atoms with Crippen molar-refractivity contribution in [3.63, 3.8) is 0 Å². The second kappa shape index (κ2) is 8.32. The minimum atomic E-state index is 0.0596. The number of amides is 1. The second-order valence-electron chi connectivity index (χ2n) is 7.21. The quantitative estimate of drug-likeness (QED) is 0.830. The zero-order valence-electron chi connectivity index (χ0n) is 15.9. The van der Waals surface area contributed by atoms with E-state index in [9.17, 15) is 4.79 Å². The third-order valence-corrected chi connectivity index (χ3v) is 5.13. The summed E-state index contributed by atoms with van der Waals surface area (Å²) in [6.45, 7) is 3.03. The number of nitrogens with zero attached hydrogens (tertiary/aromatic N) is 4. The molecule has 0 N–H and O–H groups in total. The Morgan fingerprint density at radius 1 is 1.08 bits per heavy atom. The highest BCUT2D eigenvalue weighted by Crippen LogP contribution is 2.19. The van der Waals surface area contributed by atoms with Crippen LogP contribution in [0.2, 0.25) is 0 Å². The Labute approximate surface area is 156 Å². The van der Waals surface area contributed by atoms with Crippen LogP contribution in [-0.4, -0.2) is 61.0 Å². The van der Waals surface area contributed by atoms with E-state index in [1.807, 2.05) is 43.1 Å². The summed E-state index contributed by atoms with van der Waals surface area (Å²) in [5.41, 5.74) is 2.01. The molecule has 1 aliphatic rings. The van der Waals surface area contributed by atoms with E-state index in [1.54, 1.807) is 6.20 Å². The van der Waals surface area contributed by atoms with E-state index in [2.05, 4.69) is 40.2 Å². The molecule has 2 heterocycles. The van der Waals surface area contributed by atoms with Crippen LogP contribution in [0.1, 0.15) is 28.8 Å². The van der Waals surface area contributed by atoms with Gasteiger partial charge in [-0.15, -0.1) is 0 Å². The van der Waals surface area contributed by atoms with Gasteiger partial charge in [0.25, 0.3) is 5.91 Å². The van der Waals surface area contributed by atoms with Gasteiger partial charge in [0.15, 0.2) is 0 Å². The smallest absolute Gasteiger partial charge is 0.255 e. The molecule has 138 valence electrons. The van der Waals surface area contributed by atoms with Crippen LogP contribution >= 0.6 is 0 Å². The van der Waals surface area contributed by atoms with E-state index >= 15 is 0 Å². The summed E-state index contributed by atoms with van der Waals surface area (Å²) >= 11 is 0. The van der Waals surface area contributed by atoms with Crippen LogP contribution in [0.25, 0.3) is 0 Å². The van der Waals surface area contributed by atoms with Crippen LogP contribution in [0.3, 0.4) is 0 Å². The van der Waals surface area contributed by atoms with Crippen molar-refractivity contribution in [1.29, 1.82) is 0 Å². The van der Waals surface area contributed by atoms with Crippen molar-refractivity contribution < 1.29 is 4.79 Å². The first kappa shape index (κ1) is 18.4. The molecule has 1 saturated heterocycles. The molecule has 0 aliphatic carbocycles. The third kappa shape index (κ3) is 4.41. The first-order valence-electron chi connectivity index (χ1n) is 9.21. The van der Waals surface area contributed by atoms with Gasteiger partial charge in [-0.1, -0.05) is 30.3 Å². The van der Waals surface area contributed by atoms with Gasteiger partial charge in [-0.25, -0.2) is 4.98 Å². The number of piperidine rings is 1. The molecule has 0 bridgehead atoms. The number of rotatable bonds is 5. The standard InChI is InChI=1S/C21H28N4O/c1-23(2)20-10-9-18(15-22-20)21(26)24(3)19-11-13-25(14-12-19)16-17-7-5-4-6-8-17/h4-10,15,19H,11-14,16H2,1-3H3. The molecule has 1 aromatic carbocycles. The van der Waals surface area contributed by atoms with E-state index in [-0.39, 0.29) is 5.91 Å². The van der Waals surface area contributed by atoms with Crippen molar-refractivity contribution >= 4 is 11.7 Å². The molecule has 0 atom stereocenters. The van der Waals surface area contributed by atoms with Crippen molar-refractivity contribution in [3.8, 4) is 0 Å². The fraction of sp³-hybridized carbons (Fsp3) is 0.429. The van der Waals surface area contributed by atoms with Gasteiger partial charge in [0.2, 0.25) is 0 Å². The average Bonchev–Trinajstić information content (AvgIpc) is 2.68. The summed E-state index contributed by atoms with van der Waals surface area (Å²) in [5, 5.41) is 0. The van der Waals surface area contributed by atoms with Gasteiger partial charge in [0.05, 0.1) is 5.56 Å². The highest BCUT2D eigenvalue weighted by Gasteiger charge is 2.26. The van der Waals surface area contributed by atoms with Crippen LogP contribution in [0.15, 0.2) is 48.7 Å². The van der Waals surface area contributed by atoms with E-state index in [0.717, 1.165) is 38.3 Å². The van der Waals surface area contributed by atoms with Crippen molar-refractivity contribution in [2.75, 3.05) is 39.1 Å². The molecule has 0 radical (unpaired) electrons. The maximum Gasteiger partial charge on any atom is 0.255 e. The lowest BCUT2D eigenvalue weighted by Crippen LogP contribution is -2.45. The molecular weight excluding hydrogens is 324 g/mol. The molecule has 1 aromatic heterocycles. The van der Waals surface area contributed by atoms with E-state index in [1.165, 1.54) is 5.56 Å². The van der Waals surface area contributed by atoms with Gasteiger partial charge < -0.3 is 9.80 Å². The maximum atomic E-state index is 12.8. The number of pyridine rings is 1. The zero-order valence-corrected chi connectivity index (χ0v) is 15.9. The predicted octanol–water partition coefficient (Wildman–Crippen LogP) is 2.88. The van der Waals surface area contributed by atoms with Crippen molar-refractivity contribution in [3.05, 3.63) is 59.8 Å². The van der Waals surface area contributed by atoms with Crippen LogP contribution in [0.4, 0.5) is 5.82 Å². The summed E-state index contributed by atoms with van der Waals surface area (Å²) < 4.78 is 0. The molecule has 26 heavy (non-hydrogen) atoms. The Bertz CT molecular complexity index is 707. The summed E-state index contributed by atoms with van der Waals surface area (Å²) in [4.78, 5) is 23.4. The normalized spacial score (nSPS) is 15.7. The minimum Gasteiger partial charge on any atom is -0.363 e. The first-order valence-corrected chi connectivity index (χ1v) is 9.21. The summed E-state index contributed by atoms with van der Waals surface area (Å²) in [6.07, 6.45) is 3.70. The molecule has 1 amide bonds. The largest absolute Gasteiger partial charge is 0.363 e. The summed E-state index contributed by atoms with van der Waals surface area (Å²) in [6, 6.07) is 14.6. The molecule has 0 spiro atoms. The lowest BCUT2D eigenvalue weighted by molar-refractivity contribution is 0.0636. The molecule has 5 heteroatoms. The lowest BCUT2D eigenvalue weighted by Gasteiger charge is -2.36. The van der Waals surface area contributed by atoms with Crippen LogP contribution < -0.4 is 4.90 Å². The molecule has 0 saturated carbocycles. The molecule has 2 aromatic rings. The Morgan fingerprint density at radius 2 is 1.77 bits per heavy atom. The van der Waals surface area contributed by atoms with Crippen LogP contribution in [-0.2, 0) is 6.54 Å². The minimum absolute atomic E-state index is 0.0596. The molecular formula is C21H28N4O. The molecule has 1 fully saturated rings. The number of carbonyl (C=O) groups excluding carboxylic acids is 1. The van der Waals surface area contributed by atoms with Crippen molar-refractivity contribution in [1.82, 2.24) is 14.8 Å². The molecule has 3 rings (SSSR count). The molecule has 0 unspecified atom stereocenters. The second-order valence-corrected chi connectivity index (χ2v) is 7.21. The number of benzene rings is 1. The fourth-order valence-electron chi connectivity index (χ4n) is 3.45. The van der Waals surface area contributed by atoms with Crippen LogP contribution in [0.5, 0.6) is 0 Å². The van der Waals surface area contributed by atoms with Gasteiger partial charge in [-0.2, -0.15) is 0 Å². The monoisotopic (exact) mass is 352 g/mol. The number of carbonyl (C=O) groups is 1. The van der Waals surface area contributed by atoms with Gasteiger partial charge in [-0.3, -0.25) is 9.69 Å². The lowest BCUT2D eigenvalue weighted by atomic mass is 10.0. The van der Waals surface area contributed by atoms with Gasteiger partial charge in [-0.05, 0) is 30.5 Å². The summed E-state index contributed by atoms with van der Waals surface area (Å²) in [5.74, 6) is 0.919. The van der Waals surface area contributed by atoms with Gasteiger partial charge in [0.1, 0.15) is 5.82 Å². The average molecular weight is 352 g/mol. The van der Waals surface area contributed by atoms with E-state index in [4.69, 9.17) is 0 Å². The Morgan fingerprint density at radius 3 is 2.35 bits per heavy atom. The SMILES string of the molecule is CN(C)c1ccc(C(=O)N(C)C2CCN(Cc3ccccc3)CC2)cn1. The zero-order chi connectivity index (χ0) is 18.5. The Balaban J connectivity index is 1.54. The van der Waals surface area contributed by atoms with E-state index < -0.39 is 0 Å². The van der Waals surface area contributed by atoms with E-state index in [0.29, 0.717) is 11.6 Å². The van der Waals surface area contributed by atoms with Crippen molar-refractivity contribution in [2.45, 2.75) is 25.4 Å². The fourth-order valence-corrected chi connectivity index (χ4v) is 3.45. The number of hydrogen-bond donors (Lipinski definition) is 0. The number of anilines is 1. The Kier molecular flexibility index (Phi) is 5.89. The number of aromatic nitrogens is 1. The topological polar surface area (TPSA) is 39.7 Å². The van der Waals surface area contributed by atoms with Crippen molar-refractivity contribution in [2.24, 2.45) is 0 Å². The van der Waals surface area contributed by atoms with Gasteiger partial charge in [0, 0.05) is 53.0 Å². The highest BCUT2D eigenvalue weighted by atomic mass is 16.2. The predicted molar refractivity (Wildman–Crippen MR) is 105 cm³/mol. The molecule has 1 aliphatic heterocycles. The number of likely N-dealkylation sites (tertiary alicyclic amines) is 1. The number of hydrogen-bond acceptors (Lipinski definition) is 4. The Hall–Kier alpha value is -2.40. The van der Waals surface area contributed by atoms with Gasteiger partial charge >= 0.3 is 0 Å². The summed E-state index contributed by atoms with van der Waals surface area (Å²) in [7, 11) is 5.80.